The molecule has 1 aliphatic rings. The number of halogens is 1. The lowest BCUT2D eigenvalue weighted by Gasteiger charge is -2.09. The van der Waals surface area contributed by atoms with Gasteiger partial charge in [-0.3, -0.25) is 10.1 Å². The molecule has 0 aliphatic carbocycles. The molecule has 1 N–H and O–H groups in total. The minimum atomic E-state index is -0.0911. The molecule has 0 atom stereocenters. The Morgan fingerprint density at radius 2 is 2.00 bits per heavy atom. The molecular weight excluding hydrogens is 366 g/mol. The van der Waals surface area contributed by atoms with Gasteiger partial charge in [-0.15, -0.1) is 0 Å². The molecule has 0 spiro atoms. The lowest BCUT2D eigenvalue weighted by atomic mass is 10.1. The standard InChI is InChI=1S/C20H20ClN3O3/c1-24-16-6-5-14(21)12-15(16)22-20(24)23-19(25)8-4-13-3-7-17-18(11-13)27-10-2-9-26-17/h3,5-7,11-12H,2,4,8-10H2,1H3,(H,22,23,25). The molecule has 0 saturated carbocycles. The molecule has 140 valence electrons. The van der Waals surface area contributed by atoms with Crippen LogP contribution < -0.4 is 14.8 Å². The van der Waals surface area contributed by atoms with E-state index >= 15 is 0 Å². The van der Waals surface area contributed by atoms with Crippen LogP contribution in [0, 0.1) is 0 Å². The summed E-state index contributed by atoms with van der Waals surface area (Å²) in [5, 5.41) is 3.49. The van der Waals surface area contributed by atoms with Crippen LogP contribution >= 0.6 is 11.6 Å². The second kappa shape index (κ2) is 7.48. The fourth-order valence-electron chi connectivity index (χ4n) is 3.09. The van der Waals surface area contributed by atoms with E-state index in [2.05, 4.69) is 10.3 Å². The molecule has 6 nitrogen and oxygen atoms in total. The number of amides is 1. The second-order valence-electron chi connectivity index (χ2n) is 6.51. The monoisotopic (exact) mass is 385 g/mol. The predicted octanol–water partition coefficient (Wildman–Crippen LogP) is 3.96. The van der Waals surface area contributed by atoms with E-state index in [-0.39, 0.29) is 5.91 Å². The largest absolute Gasteiger partial charge is 0.490 e. The Kier molecular flexibility index (Phi) is 4.90. The zero-order valence-electron chi connectivity index (χ0n) is 15.0. The highest BCUT2D eigenvalue weighted by molar-refractivity contribution is 6.31. The topological polar surface area (TPSA) is 65.4 Å². The SMILES string of the molecule is Cn1c(NC(=O)CCc2ccc3c(c2)OCCCO3)nc2cc(Cl)ccc21. The molecule has 7 heteroatoms. The van der Waals surface area contributed by atoms with Gasteiger partial charge >= 0.3 is 0 Å². The summed E-state index contributed by atoms with van der Waals surface area (Å²) < 4.78 is 13.2. The van der Waals surface area contributed by atoms with Crippen molar-refractivity contribution in [2.75, 3.05) is 18.5 Å². The molecule has 4 rings (SSSR count). The van der Waals surface area contributed by atoms with Crippen LogP contribution in [0.4, 0.5) is 5.95 Å². The number of carbonyl (C=O) groups excluding carboxylic acids is 1. The smallest absolute Gasteiger partial charge is 0.227 e. The number of rotatable bonds is 4. The maximum absolute atomic E-state index is 12.4. The number of hydrogen-bond donors (Lipinski definition) is 1. The van der Waals surface area contributed by atoms with Gasteiger partial charge in [0.05, 0.1) is 24.2 Å². The van der Waals surface area contributed by atoms with Crippen LogP contribution in [0.15, 0.2) is 36.4 Å². The summed E-state index contributed by atoms with van der Waals surface area (Å²) >= 11 is 6.01. The Bertz CT molecular complexity index is 1000. The van der Waals surface area contributed by atoms with E-state index in [1.165, 1.54) is 0 Å². The van der Waals surface area contributed by atoms with E-state index in [4.69, 9.17) is 21.1 Å². The first kappa shape index (κ1) is 17.7. The average molecular weight is 386 g/mol. The maximum atomic E-state index is 12.4. The molecule has 1 amide bonds. The van der Waals surface area contributed by atoms with Crippen LogP contribution in [-0.2, 0) is 18.3 Å². The van der Waals surface area contributed by atoms with Crippen molar-refractivity contribution < 1.29 is 14.3 Å². The number of carbonyl (C=O) groups is 1. The molecule has 1 aliphatic heterocycles. The number of ether oxygens (including phenoxy) is 2. The molecule has 1 aromatic heterocycles. The van der Waals surface area contributed by atoms with Crippen molar-refractivity contribution in [3.8, 4) is 11.5 Å². The third kappa shape index (κ3) is 3.85. The first-order valence-corrected chi connectivity index (χ1v) is 9.28. The fraction of sp³-hybridized carbons (Fsp3) is 0.300. The van der Waals surface area contributed by atoms with Crippen molar-refractivity contribution in [2.24, 2.45) is 7.05 Å². The lowest BCUT2D eigenvalue weighted by molar-refractivity contribution is -0.116. The summed E-state index contributed by atoms with van der Waals surface area (Å²) in [5.74, 6) is 1.93. The third-order valence-corrected chi connectivity index (χ3v) is 4.78. The van der Waals surface area contributed by atoms with Crippen molar-refractivity contribution >= 4 is 34.5 Å². The molecule has 2 heterocycles. The second-order valence-corrected chi connectivity index (χ2v) is 6.94. The van der Waals surface area contributed by atoms with Gasteiger partial charge < -0.3 is 14.0 Å². The first-order valence-electron chi connectivity index (χ1n) is 8.90. The van der Waals surface area contributed by atoms with Gasteiger partial charge in [-0.25, -0.2) is 4.98 Å². The number of aryl methyl sites for hydroxylation is 2. The minimum absolute atomic E-state index is 0.0911. The first-order chi connectivity index (χ1) is 13.1. The number of imidazole rings is 1. The van der Waals surface area contributed by atoms with Crippen molar-refractivity contribution in [3.05, 3.63) is 47.0 Å². The Morgan fingerprint density at radius 3 is 2.85 bits per heavy atom. The van der Waals surface area contributed by atoms with Gasteiger partial charge in [0.15, 0.2) is 11.5 Å². The lowest BCUT2D eigenvalue weighted by Crippen LogP contribution is -2.15. The number of nitrogens with zero attached hydrogens (tertiary/aromatic N) is 2. The van der Waals surface area contributed by atoms with Crippen LogP contribution in [0.25, 0.3) is 11.0 Å². The van der Waals surface area contributed by atoms with E-state index < -0.39 is 0 Å². The maximum Gasteiger partial charge on any atom is 0.227 e. The molecular formula is C20H20ClN3O3. The van der Waals surface area contributed by atoms with Gasteiger partial charge in [-0.2, -0.15) is 0 Å². The highest BCUT2D eigenvalue weighted by Crippen LogP contribution is 2.30. The zero-order valence-corrected chi connectivity index (χ0v) is 15.8. The van der Waals surface area contributed by atoms with Crippen molar-refractivity contribution in [2.45, 2.75) is 19.3 Å². The van der Waals surface area contributed by atoms with Gasteiger partial charge in [0.25, 0.3) is 0 Å². The normalized spacial score (nSPS) is 13.4. The molecule has 0 saturated heterocycles. The number of benzene rings is 2. The van der Waals surface area contributed by atoms with E-state index in [0.717, 1.165) is 34.5 Å². The van der Waals surface area contributed by atoms with Crippen molar-refractivity contribution in [1.82, 2.24) is 9.55 Å². The van der Waals surface area contributed by atoms with Crippen molar-refractivity contribution in [3.63, 3.8) is 0 Å². The summed E-state index contributed by atoms with van der Waals surface area (Å²) in [6.07, 6.45) is 1.83. The number of fused-ring (bicyclic) bond motifs is 2. The van der Waals surface area contributed by atoms with Gasteiger partial charge in [0.2, 0.25) is 11.9 Å². The Labute approximate surface area is 162 Å². The summed E-state index contributed by atoms with van der Waals surface area (Å²) in [4.78, 5) is 16.8. The van der Waals surface area contributed by atoms with Gasteiger partial charge in [0.1, 0.15) is 0 Å². The fourth-order valence-corrected chi connectivity index (χ4v) is 3.26. The van der Waals surface area contributed by atoms with E-state index in [1.54, 1.807) is 12.1 Å². The molecule has 3 aromatic rings. The average Bonchev–Trinajstić information content (AvgIpc) is 2.83. The van der Waals surface area contributed by atoms with Gasteiger partial charge in [-0.1, -0.05) is 17.7 Å². The van der Waals surface area contributed by atoms with Crippen LogP contribution in [0.5, 0.6) is 11.5 Å². The van der Waals surface area contributed by atoms with Crippen LogP contribution in [0.3, 0.4) is 0 Å². The Balaban J connectivity index is 1.41. The Morgan fingerprint density at radius 1 is 1.19 bits per heavy atom. The van der Waals surface area contributed by atoms with Crippen molar-refractivity contribution in [1.29, 1.82) is 0 Å². The van der Waals surface area contributed by atoms with Crippen LogP contribution in [0.2, 0.25) is 5.02 Å². The van der Waals surface area contributed by atoms with Crippen LogP contribution in [0.1, 0.15) is 18.4 Å². The molecule has 27 heavy (non-hydrogen) atoms. The summed E-state index contributed by atoms with van der Waals surface area (Å²) in [6, 6.07) is 11.3. The van der Waals surface area contributed by atoms with Crippen LogP contribution in [-0.4, -0.2) is 28.7 Å². The highest BCUT2D eigenvalue weighted by Gasteiger charge is 2.13. The number of hydrogen-bond acceptors (Lipinski definition) is 4. The van der Waals surface area contributed by atoms with E-state index in [9.17, 15) is 4.79 Å². The molecule has 0 radical (unpaired) electrons. The number of aromatic nitrogens is 2. The highest BCUT2D eigenvalue weighted by atomic mass is 35.5. The molecule has 0 bridgehead atoms. The van der Waals surface area contributed by atoms with Gasteiger partial charge in [0, 0.05) is 24.9 Å². The molecule has 0 unspecified atom stereocenters. The zero-order chi connectivity index (χ0) is 18.8. The van der Waals surface area contributed by atoms with E-state index in [1.807, 2.05) is 35.9 Å². The van der Waals surface area contributed by atoms with Gasteiger partial charge in [-0.05, 0) is 42.3 Å². The summed E-state index contributed by atoms with van der Waals surface area (Å²) in [7, 11) is 1.86. The summed E-state index contributed by atoms with van der Waals surface area (Å²) in [6.45, 7) is 1.31. The third-order valence-electron chi connectivity index (χ3n) is 4.55. The quantitative estimate of drug-likeness (QED) is 0.738. The predicted molar refractivity (Wildman–Crippen MR) is 105 cm³/mol. The Hall–Kier alpha value is -2.73. The molecule has 2 aromatic carbocycles. The number of nitrogens with one attached hydrogen (secondary N) is 1. The summed E-state index contributed by atoms with van der Waals surface area (Å²) in [5.41, 5.74) is 2.70. The molecule has 0 fully saturated rings. The van der Waals surface area contributed by atoms with E-state index in [0.29, 0.717) is 37.0 Å². The number of anilines is 1. The minimum Gasteiger partial charge on any atom is -0.490 e.